The summed E-state index contributed by atoms with van der Waals surface area (Å²) < 4.78 is 14.0. The van der Waals surface area contributed by atoms with E-state index in [4.69, 9.17) is 14.5 Å². The fourth-order valence-electron chi connectivity index (χ4n) is 4.35. The molecule has 4 rings (SSSR count). The number of halogens is 1. The van der Waals surface area contributed by atoms with Gasteiger partial charge >= 0.3 is 0 Å². The highest BCUT2D eigenvalue weighted by molar-refractivity contribution is 9.10. The molecule has 8 nitrogen and oxygen atoms in total. The average molecular weight is 618 g/mol. The third-order valence-electron chi connectivity index (χ3n) is 6.26. The first-order valence-corrected chi connectivity index (χ1v) is 14.3. The second kappa shape index (κ2) is 13.9. The van der Waals surface area contributed by atoms with Crippen LogP contribution in [0.4, 0.5) is 5.69 Å². The van der Waals surface area contributed by atoms with E-state index >= 15 is 0 Å². The molecule has 4 aromatic rings. The highest BCUT2D eigenvalue weighted by Gasteiger charge is 2.16. The van der Waals surface area contributed by atoms with E-state index in [-0.39, 0.29) is 18.1 Å². The van der Waals surface area contributed by atoms with E-state index in [0.29, 0.717) is 53.2 Å². The number of nitrogens with one attached hydrogen (secondary N) is 1. The number of hydrogen-bond acceptors (Lipinski definition) is 6. The van der Waals surface area contributed by atoms with Gasteiger partial charge in [-0.15, -0.1) is 6.58 Å². The van der Waals surface area contributed by atoms with Crippen LogP contribution in [0.1, 0.15) is 42.8 Å². The molecular formula is C32H33BrN4O4. The number of benzene rings is 3. The van der Waals surface area contributed by atoms with Gasteiger partial charge in [-0.3, -0.25) is 9.59 Å². The maximum atomic E-state index is 13.4. The quantitative estimate of drug-likeness (QED) is 0.146. The predicted molar refractivity (Wildman–Crippen MR) is 168 cm³/mol. The van der Waals surface area contributed by atoms with Crippen molar-refractivity contribution in [1.82, 2.24) is 9.66 Å². The number of carbonyl (C=O) groups is 1. The van der Waals surface area contributed by atoms with Gasteiger partial charge < -0.3 is 14.8 Å². The summed E-state index contributed by atoms with van der Waals surface area (Å²) >= 11 is 3.44. The minimum atomic E-state index is -0.282. The summed E-state index contributed by atoms with van der Waals surface area (Å²) in [6, 6.07) is 16.7. The molecule has 212 valence electrons. The zero-order valence-electron chi connectivity index (χ0n) is 23.4. The van der Waals surface area contributed by atoms with Gasteiger partial charge in [-0.2, -0.15) is 9.78 Å². The number of aryl methyl sites for hydroxylation is 2. The Kier molecular flexibility index (Phi) is 10.1. The van der Waals surface area contributed by atoms with Gasteiger partial charge in [0.1, 0.15) is 5.82 Å². The third-order valence-corrected chi connectivity index (χ3v) is 6.75. The fourth-order valence-corrected chi connectivity index (χ4v) is 4.71. The van der Waals surface area contributed by atoms with Gasteiger partial charge in [0.25, 0.3) is 11.5 Å². The summed E-state index contributed by atoms with van der Waals surface area (Å²) in [5.74, 6) is 1.23. The Bertz CT molecular complexity index is 1660. The molecule has 1 aromatic heterocycles. The van der Waals surface area contributed by atoms with Crippen molar-refractivity contribution in [2.45, 2.75) is 40.0 Å². The molecule has 1 amide bonds. The highest BCUT2D eigenvalue weighted by atomic mass is 79.9. The van der Waals surface area contributed by atoms with Crippen LogP contribution in [-0.2, 0) is 17.6 Å². The fraction of sp³-hybridized carbons (Fsp3) is 0.250. The van der Waals surface area contributed by atoms with Crippen molar-refractivity contribution in [3.63, 3.8) is 0 Å². The number of fused-ring (bicyclic) bond motifs is 1. The SMILES string of the molecule is C=CCc1cc(C=Nn2c(CCC)nc3ccc(Br)cc3c2=O)cc(OCC)c1OCC(=O)Nc1ccccc1C. The minimum absolute atomic E-state index is 0.194. The molecule has 1 N–H and O–H groups in total. The molecule has 0 fully saturated rings. The van der Waals surface area contributed by atoms with Crippen molar-refractivity contribution < 1.29 is 14.3 Å². The summed E-state index contributed by atoms with van der Waals surface area (Å²) in [6.07, 6.45) is 5.24. The highest BCUT2D eigenvalue weighted by Crippen LogP contribution is 2.34. The molecule has 0 aliphatic rings. The lowest BCUT2D eigenvalue weighted by Crippen LogP contribution is -2.22. The number of anilines is 1. The summed E-state index contributed by atoms with van der Waals surface area (Å²) in [6.45, 7) is 9.90. The first-order chi connectivity index (χ1) is 19.8. The van der Waals surface area contributed by atoms with Crippen LogP contribution in [0.25, 0.3) is 10.9 Å². The summed E-state index contributed by atoms with van der Waals surface area (Å²) in [4.78, 5) is 30.8. The molecule has 0 atom stereocenters. The number of carbonyl (C=O) groups excluding carboxylic acids is 1. The molecule has 3 aromatic carbocycles. The number of hydrogen-bond donors (Lipinski definition) is 1. The van der Waals surface area contributed by atoms with Crippen LogP contribution >= 0.6 is 15.9 Å². The van der Waals surface area contributed by atoms with Crippen LogP contribution in [0.5, 0.6) is 11.5 Å². The number of amides is 1. The summed E-state index contributed by atoms with van der Waals surface area (Å²) in [7, 11) is 0. The van der Waals surface area contributed by atoms with E-state index in [2.05, 4.69) is 32.9 Å². The van der Waals surface area contributed by atoms with Crippen LogP contribution in [0.2, 0.25) is 0 Å². The molecule has 0 aliphatic heterocycles. The van der Waals surface area contributed by atoms with Crippen LogP contribution < -0.4 is 20.3 Å². The monoisotopic (exact) mass is 616 g/mol. The lowest BCUT2D eigenvalue weighted by Gasteiger charge is -2.17. The molecule has 41 heavy (non-hydrogen) atoms. The Labute approximate surface area is 247 Å². The van der Waals surface area contributed by atoms with Gasteiger partial charge in [0.05, 0.1) is 23.7 Å². The zero-order valence-corrected chi connectivity index (χ0v) is 25.0. The molecule has 0 spiro atoms. The molecule has 0 bridgehead atoms. The Hall–Kier alpha value is -4.24. The Morgan fingerprint density at radius 1 is 1.15 bits per heavy atom. The number of rotatable bonds is 12. The molecule has 9 heteroatoms. The number of para-hydroxylation sites is 1. The summed E-state index contributed by atoms with van der Waals surface area (Å²) in [5, 5.41) is 7.91. The molecule has 1 heterocycles. The first-order valence-electron chi connectivity index (χ1n) is 13.5. The second-order valence-corrected chi connectivity index (χ2v) is 10.3. The van der Waals surface area contributed by atoms with Crippen LogP contribution in [-0.4, -0.2) is 35.0 Å². The predicted octanol–water partition coefficient (Wildman–Crippen LogP) is 6.45. The zero-order chi connectivity index (χ0) is 29.4. The number of aromatic nitrogens is 2. The van der Waals surface area contributed by atoms with Gasteiger partial charge in [0.15, 0.2) is 18.1 Å². The van der Waals surface area contributed by atoms with Gasteiger partial charge in [0, 0.05) is 22.1 Å². The topological polar surface area (TPSA) is 94.8 Å². The second-order valence-electron chi connectivity index (χ2n) is 9.39. The first kappa shape index (κ1) is 29.7. The van der Waals surface area contributed by atoms with E-state index in [1.165, 1.54) is 4.68 Å². The Morgan fingerprint density at radius 3 is 2.68 bits per heavy atom. The van der Waals surface area contributed by atoms with Crippen LogP contribution in [0.3, 0.4) is 0 Å². The minimum Gasteiger partial charge on any atom is -0.490 e. The molecule has 0 saturated heterocycles. The molecular weight excluding hydrogens is 584 g/mol. The largest absolute Gasteiger partial charge is 0.490 e. The third kappa shape index (κ3) is 7.29. The lowest BCUT2D eigenvalue weighted by atomic mass is 10.1. The van der Waals surface area contributed by atoms with Gasteiger partial charge in [0.2, 0.25) is 0 Å². The van der Waals surface area contributed by atoms with E-state index in [1.54, 1.807) is 24.4 Å². The maximum Gasteiger partial charge on any atom is 0.282 e. The number of nitrogens with zero attached hydrogens (tertiary/aromatic N) is 3. The van der Waals surface area contributed by atoms with Gasteiger partial charge in [-0.1, -0.05) is 47.1 Å². The van der Waals surface area contributed by atoms with E-state index < -0.39 is 0 Å². The standard InChI is InChI=1S/C32H33BrN4O4/c1-5-10-23-16-22(19-34-37-29(11-6-2)35-27-15-14-24(33)18-25(27)32(37)39)17-28(40-7-3)31(23)41-20-30(38)36-26-13-9-8-12-21(26)4/h5,8-9,12-19H,1,6-7,10-11,20H2,2-4H3,(H,36,38). The normalized spacial score (nSPS) is 11.1. The van der Waals surface area contributed by atoms with Crippen LogP contribution in [0.15, 0.2) is 81.6 Å². The number of allylic oxidation sites excluding steroid dienone is 1. The van der Waals surface area contributed by atoms with Crippen molar-refractivity contribution in [2.75, 3.05) is 18.5 Å². The van der Waals surface area contributed by atoms with Crippen LogP contribution in [0, 0.1) is 6.92 Å². The van der Waals surface area contributed by atoms with Crippen molar-refractivity contribution in [3.05, 3.63) is 105 Å². The Morgan fingerprint density at radius 2 is 1.95 bits per heavy atom. The smallest absolute Gasteiger partial charge is 0.282 e. The van der Waals surface area contributed by atoms with Gasteiger partial charge in [-0.05, 0) is 74.2 Å². The molecule has 0 aliphatic carbocycles. The van der Waals surface area contributed by atoms with E-state index in [0.717, 1.165) is 27.7 Å². The van der Waals surface area contributed by atoms with E-state index in [1.807, 2.05) is 63.2 Å². The van der Waals surface area contributed by atoms with Crippen molar-refractivity contribution in [2.24, 2.45) is 5.10 Å². The average Bonchev–Trinajstić information content (AvgIpc) is 2.94. The van der Waals surface area contributed by atoms with Crippen molar-refractivity contribution >= 4 is 44.6 Å². The maximum absolute atomic E-state index is 13.4. The molecule has 0 unspecified atom stereocenters. The van der Waals surface area contributed by atoms with Crippen molar-refractivity contribution in [1.29, 1.82) is 0 Å². The summed E-state index contributed by atoms with van der Waals surface area (Å²) in [5.41, 5.74) is 3.56. The number of ether oxygens (including phenoxy) is 2. The molecule has 0 radical (unpaired) electrons. The van der Waals surface area contributed by atoms with E-state index in [9.17, 15) is 9.59 Å². The van der Waals surface area contributed by atoms with Gasteiger partial charge in [-0.25, -0.2) is 4.98 Å². The molecule has 0 saturated carbocycles. The van der Waals surface area contributed by atoms with Crippen molar-refractivity contribution in [3.8, 4) is 11.5 Å². The Balaban J connectivity index is 1.67. The lowest BCUT2D eigenvalue weighted by molar-refractivity contribution is -0.118.